The van der Waals surface area contributed by atoms with E-state index in [4.69, 9.17) is 21.7 Å². The summed E-state index contributed by atoms with van der Waals surface area (Å²) in [6.07, 6.45) is 1.53. The fraction of sp³-hybridized carbons (Fsp3) is 0.190. The molecule has 2 aromatic rings. The molecule has 2 amide bonds. The third-order valence-electron chi connectivity index (χ3n) is 4.31. The normalized spacial score (nSPS) is 15.5. The van der Waals surface area contributed by atoms with Crippen LogP contribution in [-0.2, 0) is 9.59 Å². The average molecular weight is 522 g/mol. The van der Waals surface area contributed by atoms with E-state index in [1.807, 2.05) is 38.1 Å². The summed E-state index contributed by atoms with van der Waals surface area (Å²) in [5.41, 5.74) is 2.14. The molecule has 2 aromatic carbocycles. The number of nitrogens with one attached hydrogen (secondary N) is 1. The van der Waals surface area contributed by atoms with Crippen LogP contribution < -0.4 is 19.7 Å². The molecule has 150 valence electrons. The molecule has 1 aliphatic heterocycles. The van der Waals surface area contributed by atoms with E-state index >= 15 is 0 Å². The standard InChI is InChI=1S/C21H19IN2O4S/c1-4-28-18-15(22)10-13(11-17(18)27-3)9-14-19(25)23-21(29)24(20(14)26)16-8-6-5-7-12(16)2/h5-11H,4H2,1-3H3,(H,23,25,29)/b14-9-. The van der Waals surface area contributed by atoms with Gasteiger partial charge in [0.2, 0.25) is 0 Å². The van der Waals surface area contributed by atoms with Gasteiger partial charge in [0, 0.05) is 0 Å². The third-order valence-corrected chi connectivity index (χ3v) is 5.40. The summed E-state index contributed by atoms with van der Waals surface area (Å²) in [6, 6.07) is 10.9. The van der Waals surface area contributed by atoms with Crippen LogP contribution in [0, 0.1) is 10.5 Å². The third kappa shape index (κ3) is 4.27. The van der Waals surface area contributed by atoms with Crippen molar-refractivity contribution >= 4 is 63.5 Å². The van der Waals surface area contributed by atoms with Gasteiger partial charge in [0.05, 0.1) is 23.0 Å². The van der Waals surface area contributed by atoms with Crippen LogP contribution in [0.5, 0.6) is 11.5 Å². The van der Waals surface area contributed by atoms with E-state index in [9.17, 15) is 9.59 Å². The summed E-state index contributed by atoms with van der Waals surface area (Å²) < 4.78 is 11.8. The van der Waals surface area contributed by atoms with Crippen LogP contribution in [-0.4, -0.2) is 30.6 Å². The van der Waals surface area contributed by atoms with Crippen LogP contribution in [0.3, 0.4) is 0 Å². The van der Waals surface area contributed by atoms with Crippen molar-refractivity contribution in [2.24, 2.45) is 0 Å². The van der Waals surface area contributed by atoms with Gasteiger partial charge in [-0.15, -0.1) is 0 Å². The van der Waals surface area contributed by atoms with Crippen LogP contribution >= 0.6 is 34.8 Å². The second-order valence-electron chi connectivity index (χ2n) is 6.21. The average Bonchev–Trinajstić information content (AvgIpc) is 2.68. The molecular weight excluding hydrogens is 503 g/mol. The van der Waals surface area contributed by atoms with Gasteiger partial charge in [-0.2, -0.15) is 0 Å². The minimum atomic E-state index is -0.535. The van der Waals surface area contributed by atoms with Gasteiger partial charge in [0.25, 0.3) is 11.8 Å². The Morgan fingerprint density at radius 2 is 1.97 bits per heavy atom. The first kappa shape index (κ1) is 21.3. The van der Waals surface area contributed by atoms with Gasteiger partial charge in [0.1, 0.15) is 5.57 Å². The van der Waals surface area contributed by atoms with E-state index in [-0.39, 0.29) is 10.7 Å². The lowest BCUT2D eigenvalue weighted by atomic mass is 10.1. The lowest BCUT2D eigenvalue weighted by Crippen LogP contribution is -2.54. The highest BCUT2D eigenvalue weighted by Crippen LogP contribution is 2.35. The Labute approximate surface area is 188 Å². The molecule has 0 aliphatic carbocycles. The van der Waals surface area contributed by atoms with Gasteiger partial charge in [0.15, 0.2) is 16.6 Å². The number of anilines is 1. The number of rotatable bonds is 5. The predicted molar refractivity (Wildman–Crippen MR) is 124 cm³/mol. The number of hydrogen-bond acceptors (Lipinski definition) is 5. The van der Waals surface area contributed by atoms with Crippen molar-refractivity contribution in [2.75, 3.05) is 18.6 Å². The summed E-state index contributed by atoms with van der Waals surface area (Å²) in [4.78, 5) is 27.0. The topological polar surface area (TPSA) is 67.9 Å². The van der Waals surface area contributed by atoms with Crippen LogP contribution in [0.4, 0.5) is 5.69 Å². The molecule has 29 heavy (non-hydrogen) atoms. The maximum absolute atomic E-state index is 13.2. The molecule has 0 bridgehead atoms. The van der Waals surface area contributed by atoms with Crippen LogP contribution in [0.1, 0.15) is 18.1 Å². The number of halogens is 1. The molecule has 0 unspecified atom stereocenters. The molecule has 1 N–H and O–H groups in total. The Hall–Kier alpha value is -2.46. The highest BCUT2D eigenvalue weighted by molar-refractivity contribution is 14.1. The second-order valence-corrected chi connectivity index (χ2v) is 7.76. The number of nitrogens with zero attached hydrogens (tertiary/aromatic N) is 1. The zero-order chi connectivity index (χ0) is 21.1. The van der Waals surface area contributed by atoms with Crippen LogP contribution in [0.15, 0.2) is 42.0 Å². The number of amides is 2. The molecule has 0 saturated carbocycles. The molecule has 0 atom stereocenters. The van der Waals surface area contributed by atoms with E-state index in [0.29, 0.717) is 29.4 Å². The van der Waals surface area contributed by atoms with E-state index < -0.39 is 11.8 Å². The quantitative estimate of drug-likeness (QED) is 0.280. The zero-order valence-corrected chi connectivity index (χ0v) is 19.1. The summed E-state index contributed by atoms with van der Waals surface area (Å²) in [7, 11) is 1.54. The fourth-order valence-electron chi connectivity index (χ4n) is 2.96. The number of aryl methyl sites for hydroxylation is 1. The molecule has 3 rings (SSSR count). The highest BCUT2D eigenvalue weighted by atomic mass is 127. The number of benzene rings is 2. The molecule has 0 radical (unpaired) electrons. The monoisotopic (exact) mass is 522 g/mol. The van der Waals surface area contributed by atoms with Crippen molar-refractivity contribution in [3.8, 4) is 11.5 Å². The highest BCUT2D eigenvalue weighted by Gasteiger charge is 2.35. The van der Waals surface area contributed by atoms with E-state index in [2.05, 4.69) is 27.9 Å². The van der Waals surface area contributed by atoms with E-state index in [0.717, 1.165) is 9.13 Å². The molecule has 8 heteroatoms. The summed E-state index contributed by atoms with van der Waals surface area (Å²) in [6.45, 7) is 4.26. The Kier molecular flexibility index (Phi) is 6.53. The fourth-order valence-corrected chi connectivity index (χ4v) is 4.02. The van der Waals surface area contributed by atoms with Gasteiger partial charge < -0.3 is 9.47 Å². The number of methoxy groups -OCH3 is 1. The predicted octanol–water partition coefficient (Wildman–Crippen LogP) is 3.84. The minimum Gasteiger partial charge on any atom is -0.493 e. The van der Waals surface area contributed by atoms with Crippen LogP contribution in [0.2, 0.25) is 0 Å². The SMILES string of the molecule is CCOc1c(I)cc(/C=C2/C(=O)NC(=S)N(c3ccccc3C)C2=O)cc1OC. The van der Waals surface area contributed by atoms with Gasteiger partial charge in [-0.05, 0) is 84.1 Å². The van der Waals surface area contributed by atoms with Gasteiger partial charge in [-0.3, -0.25) is 19.8 Å². The van der Waals surface area contributed by atoms with Crippen molar-refractivity contribution in [2.45, 2.75) is 13.8 Å². The van der Waals surface area contributed by atoms with E-state index in [1.54, 1.807) is 19.2 Å². The van der Waals surface area contributed by atoms with Gasteiger partial charge in [-0.1, -0.05) is 18.2 Å². The number of para-hydroxylation sites is 1. The largest absolute Gasteiger partial charge is 0.493 e. The molecule has 1 fully saturated rings. The van der Waals surface area contributed by atoms with Crippen molar-refractivity contribution in [1.29, 1.82) is 0 Å². The molecule has 1 saturated heterocycles. The molecular formula is C21H19IN2O4S. The number of hydrogen-bond donors (Lipinski definition) is 1. The molecule has 1 aliphatic rings. The van der Waals surface area contributed by atoms with Gasteiger partial charge >= 0.3 is 0 Å². The van der Waals surface area contributed by atoms with Crippen LogP contribution in [0.25, 0.3) is 6.08 Å². The smallest absolute Gasteiger partial charge is 0.270 e. The Morgan fingerprint density at radius 1 is 1.24 bits per heavy atom. The first-order valence-electron chi connectivity index (χ1n) is 8.84. The van der Waals surface area contributed by atoms with Crippen molar-refractivity contribution < 1.29 is 19.1 Å². The molecule has 6 nitrogen and oxygen atoms in total. The maximum atomic E-state index is 13.2. The first-order valence-corrected chi connectivity index (χ1v) is 10.3. The number of ether oxygens (including phenoxy) is 2. The first-order chi connectivity index (χ1) is 13.9. The lowest BCUT2D eigenvalue weighted by Gasteiger charge is -2.30. The van der Waals surface area contributed by atoms with Crippen molar-refractivity contribution in [1.82, 2.24) is 5.32 Å². The lowest BCUT2D eigenvalue weighted by molar-refractivity contribution is -0.122. The molecule has 0 aromatic heterocycles. The summed E-state index contributed by atoms with van der Waals surface area (Å²) in [5.74, 6) is 0.143. The number of carbonyl (C=O) groups excluding carboxylic acids is 2. The Balaban J connectivity index is 2.05. The van der Waals surface area contributed by atoms with Gasteiger partial charge in [-0.25, -0.2) is 0 Å². The zero-order valence-electron chi connectivity index (χ0n) is 16.1. The van der Waals surface area contributed by atoms with E-state index in [1.165, 1.54) is 11.0 Å². The Morgan fingerprint density at radius 3 is 2.62 bits per heavy atom. The summed E-state index contributed by atoms with van der Waals surface area (Å²) >= 11 is 7.39. The number of carbonyl (C=O) groups is 2. The summed E-state index contributed by atoms with van der Waals surface area (Å²) in [5, 5.41) is 2.66. The molecule has 0 spiro atoms. The number of thiocarbonyl (C=S) groups is 1. The maximum Gasteiger partial charge on any atom is 0.270 e. The Bertz CT molecular complexity index is 1040. The molecule has 1 heterocycles. The minimum absolute atomic E-state index is 0.0103. The van der Waals surface area contributed by atoms with Crippen molar-refractivity contribution in [3.05, 3.63) is 56.7 Å². The van der Waals surface area contributed by atoms with Crippen molar-refractivity contribution in [3.63, 3.8) is 0 Å². The second kappa shape index (κ2) is 8.91.